The molecule has 0 aromatic heterocycles. The van der Waals surface area contributed by atoms with Gasteiger partial charge in [-0.2, -0.15) is 0 Å². The van der Waals surface area contributed by atoms with Gasteiger partial charge in [0.1, 0.15) is 0 Å². The summed E-state index contributed by atoms with van der Waals surface area (Å²) in [5.74, 6) is 0. The summed E-state index contributed by atoms with van der Waals surface area (Å²) in [4.78, 5) is 0. The highest BCUT2D eigenvalue weighted by atomic mass is 16.6. The van der Waals surface area contributed by atoms with Gasteiger partial charge in [0, 0.05) is 0 Å². The normalized spacial score (nSPS) is 22.0. The van der Waals surface area contributed by atoms with Gasteiger partial charge in [0.2, 0.25) is 0 Å². The minimum atomic E-state index is 0.141. The summed E-state index contributed by atoms with van der Waals surface area (Å²) in [5.41, 5.74) is 0.325. The molecule has 0 aromatic carbocycles. The quantitative estimate of drug-likeness (QED) is 0.192. The number of hydrogen-bond donors (Lipinski definition) is 0. The molecule has 1 saturated heterocycles. The first-order chi connectivity index (χ1) is 11.5. The molecule has 1 atom stereocenters. The molecule has 1 heterocycles. The molecule has 0 radical (unpaired) electrons. The molecule has 0 spiro atoms. The Kier molecular flexibility index (Phi) is 11.3. The van der Waals surface area contributed by atoms with E-state index in [9.17, 15) is 0 Å². The Bertz CT molecular complexity index is 296. The molecule has 1 unspecified atom stereocenters. The highest BCUT2D eigenvalue weighted by molar-refractivity contribution is 5.07. The molecule has 1 fully saturated rings. The molecule has 0 bridgehead atoms. The van der Waals surface area contributed by atoms with Gasteiger partial charge >= 0.3 is 0 Å². The average molecular weight is 339 g/mol. The van der Waals surface area contributed by atoms with E-state index in [2.05, 4.69) is 27.7 Å². The van der Waals surface area contributed by atoms with Crippen molar-refractivity contribution in [1.82, 2.24) is 0 Å². The molecular formula is C23H46O. The number of unbranched alkanes of at least 4 members (excludes halogenated alkanes) is 15. The maximum Gasteiger partial charge on any atom is 0.0946 e. The van der Waals surface area contributed by atoms with Crippen LogP contribution in [-0.2, 0) is 4.74 Å². The topological polar surface area (TPSA) is 12.5 Å². The number of ether oxygens (including phenoxy) is 1. The lowest BCUT2D eigenvalue weighted by Crippen LogP contribution is -2.15. The van der Waals surface area contributed by atoms with Gasteiger partial charge in [0.05, 0.1) is 11.2 Å². The predicted molar refractivity (Wildman–Crippen MR) is 108 cm³/mol. The standard InChI is InChI=1S/C23H46O/c1-5-6-7-8-9-10-11-12-13-14-15-16-17-18-19-20-21-23(4)22(2,3)24-23/h5-21H2,1-4H3. The van der Waals surface area contributed by atoms with Crippen LogP contribution < -0.4 is 0 Å². The van der Waals surface area contributed by atoms with E-state index in [1.54, 1.807) is 0 Å². The molecule has 1 nitrogen and oxygen atoms in total. The summed E-state index contributed by atoms with van der Waals surface area (Å²) >= 11 is 0. The highest BCUT2D eigenvalue weighted by Crippen LogP contribution is 2.50. The Balaban J connectivity index is 1.70. The van der Waals surface area contributed by atoms with Gasteiger partial charge in [-0.1, -0.05) is 110 Å². The van der Waals surface area contributed by atoms with Gasteiger partial charge in [0.15, 0.2) is 0 Å². The first-order valence-electron chi connectivity index (χ1n) is 11.2. The van der Waals surface area contributed by atoms with Gasteiger partial charge in [-0.25, -0.2) is 0 Å². The van der Waals surface area contributed by atoms with Crippen LogP contribution in [0.2, 0.25) is 0 Å². The van der Waals surface area contributed by atoms with E-state index >= 15 is 0 Å². The second kappa shape index (κ2) is 12.3. The van der Waals surface area contributed by atoms with Crippen LogP contribution in [0.5, 0.6) is 0 Å². The minimum Gasteiger partial charge on any atom is -0.363 e. The average Bonchev–Trinajstić information content (AvgIpc) is 3.05. The molecule has 1 aliphatic rings. The first kappa shape index (κ1) is 22.0. The Morgan fingerprint density at radius 1 is 0.500 bits per heavy atom. The van der Waals surface area contributed by atoms with E-state index in [1.807, 2.05) is 0 Å². The third-order valence-electron chi connectivity index (χ3n) is 6.22. The molecule has 1 rings (SSSR count). The molecule has 0 N–H and O–H groups in total. The van der Waals surface area contributed by atoms with E-state index in [0.717, 1.165) is 0 Å². The Labute approximate surface area is 153 Å². The zero-order valence-corrected chi connectivity index (χ0v) is 17.4. The van der Waals surface area contributed by atoms with Crippen LogP contribution in [-0.4, -0.2) is 11.2 Å². The fraction of sp³-hybridized carbons (Fsp3) is 1.00. The second-order valence-corrected chi connectivity index (χ2v) is 8.90. The molecule has 0 aliphatic carbocycles. The second-order valence-electron chi connectivity index (χ2n) is 8.90. The molecule has 0 amide bonds. The molecule has 0 aromatic rings. The summed E-state index contributed by atoms with van der Waals surface area (Å²) in [7, 11) is 0. The van der Waals surface area contributed by atoms with Gasteiger partial charge < -0.3 is 4.74 Å². The molecule has 1 aliphatic heterocycles. The maximum absolute atomic E-state index is 5.82. The van der Waals surface area contributed by atoms with Crippen molar-refractivity contribution >= 4 is 0 Å². The van der Waals surface area contributed by atoms with Crippen molar-refractivity contribution in [3.8, 4) is 0 Å². The largest absolute Gasteiger partial charge is 0.363 e. The first-order valence-corrected chi connectivity index (χ1v) is 11.2. The third kappa shape index (κ3) is 9.44. The number of hydrogen-bond acceptors (Lipinski definition) is 1. The third-order valence-corrected chi connectivity index (χ3v) is 6.22. The smallest absolute Gasteiger partial charge is 0.0946 e. The Morgan fingerprint density at radius 3 is 1.08 bits per heavy atom. The van der Waals surface area contributed by atoms with Gasteiger partial charge in [-0.15, -0.1) is 0 Å². The van der Waals surface area contributed by atoms with Crippen molar-refractivity contribution < 1.29 is 4.74 Å². The van der Waals surface area contributed by atoms with Crippen molar-refractivity contribution in [2.24, 2.45) is 0 Å². The monoisotopic (exact) mass is 338 g/mol. The summed E-state index contributed by atoms with van der Waals surface area (Å²) in [5, 5.41) is 0. The molecule has 144 valence electrons. The van der Waals surface area contributed by atoms with E-state index in [4.69, 9.17) is 4.74 Å². The van der Waals surface area contributed by atoms with Crippen LogP contribution in [0.1, 0.15) is 137 Å². The molecule has 0 saturated carbocycles. The van der Waals surface area contributed by atoms with Gasteiger partial charge in [-0.3, -0.25) is 0 Å². The SMILES string of the molecule is CCCCCCCCCCCCCCCCCCC1(C)OC1(C)C. The molecule has 24 heavy (non-hydrogen) atoms. The van der Waals surface area contributed by atoms with Crippen molar-refractivity contribution in [1.29, 1.82) is 0 Å². The van der Waals surface area contributed by atoms with E-state index in [1.165, 1.54) is 109 Å². The lowest BCUT2D eigenvalue weighted by Gasteiger charge is -2.08. The van der Waals surface area contributed by atoms with E-state index < -0.39 is 0 Å². The lowest BCUT2D eigenvalue weighted by molar-refractivity contribution is 0.273. The maximum atomic E-state index is 5.82. The lowest BCUT2D eigenvalue weighted by atomic mass is 9.92. The van der Waals surface area contributed by atoms with Crippen LogP contribution in [0.25, 0.3) is 0 Å². The number of epoxide rings is 1. The fourth-order valence-electron chi connectivity index (χ4n) is 3.90. The Hall–Kier alpha value is -0.0400. The summed E-state index contributed by atoms with van der Waals surface area (Å²) in [6, 6.07) is 0. The molecular weight excluding hydrogens is 292 g/mol. The van der Waals surface area contributed by atoms with Crippen LogP contribution in [0, 0.1) is 0 Å². The van der Waals surface area contributed by atoms with Crippen LogP contribution >= 0.6 is 0 Å². The van der Waals surface area contributed by atoms with Crippen molar-refractivity contribution in [3.05, 3.63) is 0 Å². The van der Waals surface area contributed by atoms with Crippen molar-refractivity contribution in [3.63, 3.8) is 0 Å². The molecule has 1 heteroatoms. The van der Waals surface area contributed by atoms with Gasteiger partial charge in [-0.05, 0) is 27.2 Å². The summed E-state index contributed by atoms with van der Waals surface area (Å²) < 4.78 is 5.82. The fourth-order valence-corrected chi connectivity index (χ4v) is 3.90. The zero-order valence-electron chi connectivity index (χ0n) is 17.4. The van der Waals surface area contributed by atoms with Crippen LogP contribution in [0.4, 0.5) is 0 Å². The van der Waals surface area contributed by atoms with Gasteiger partial charge in [0.25, 0.3) is 0 Å². The van der Waals surface area contributed by atoms with Crippen LogP contribution in [0.15, 0.2) is 0 Å². The van der Waals surface area contributed by atoms with Crippen LogP contribution in [0.3, 0.4) is 0 Å². The minimum absolute atomic E-state index is 0.141. The summed E-state index contributed by atoms with van der Waals surface area (Å²) in [6.07, 6.45) is 24.3. The van der Waals surface area contributed by atoms with Crippen molar-refractivity contribution in [2.45, 2.75) is 148 Å². The predicted octanol–water partition coefficient (Wildman–Crippen LogP) is 8.21. The summed E-state index contributed by atoms with van der Waals surface area (Å²) in [6.45, 7) is 9.02. The highest BCUT2D eigenvalue weighted by Gasteiger charge is 2.58. The van der Waals surface area contributed by atoms with Crippen molar-refractivity contribution in [2.75, 3.05) is 0 Å². The number of rotatable bonds is 17. The zero-order chi connectivity index (χ0) is 17.7. The Morgan fingerprint density at radius 2 is 0.792 bits per heavy atom. The van der Waals surface area contributed by atoms with E-state index in [0.29, 0.717) is 0 Å². The van der Waals surface area contributed by atoms with E-state index in [-0.39, 0.29) is 11.2 Å².